The molecule has 0 amide bonds. The van der Waals surface area contributed by atoms with Crippen LogP contribution in [0.4, 0.5) is 4.39 Å². The summed E-state index contributed by atoms with van der Waals surface area (Å²) in [7, 11) is 1.63. The fourth-order valence-corrected chi connectivity index (χ4v) is 3.41. The van der Waals surface area contributed by atoms with Crippen LogP contribution in [0.1, 0.15) is 17.1 Å². The number of fused-ring (bicyclic) bond motifs is 1. The van der Waals surface area contributed by atoms with Crippen molar-refractivity contribution in [1.29, 1.82) is 0 Å². The number of benzene rings is 1. The zero-order chi connectivity index (χ0) is 18.8. The molecule has 3 aromatic rings. The lowest BCUT2D eigenvalue weighted by Gasteiger charge is -2.16. The maximum absolute atomic E-state index is 14.4. The van der Waals surface area contributed by atoms with E-state index in [-0.39, 0.29) is 6.61 Å². The van der Waals surface area contributed by atoms with Crippen LogP contribution in [-0.4, -0.2) is 52.3 Å². The average Bonchev–Trinajstić information content (AvgIpc) is 3.23. The first kappa shape index (κ1) is 17.9. The van der Waals surface area contributed by atoms with Gasteiger partial charge in [-0.25, -0.2) is 9.37 Å². The van der Waals surface area contributed by atoms with Crippen molar-refractivity contribution in [2.24, 2.45) is 0 Å². The Morgan fingerprint density at radius 3 is 3.00 bits per heavy atom. The quantitative estimate of drug-likeness (QED) is 0.723. The molecule has 0 aliphatic carbocycles. The molecular formula is C20H23FN4O2. The molecule has 1 fully saturated rings. The van der Waals surface area contributed by atoms with Crippen molar-refractivity contribution in [2.45, 2.75) is 32.4 Å². The highest BCUT2D eigenvalue weighted by Crippen LogP contribution is 2.22. The minimum atomic E-state index is -1.02. The molecule has 2 atom stereocenters. The van der Waals surface area contributed by atoms with Crippen LogP contribution in [0.5, 0.6) is 5.75 Å². The zero-order valence-electron chi connectivity index (χ0n) is 15.5. The van der Waals surface area contributed by atoms with Gasteiger partial charge in [0.05, 0.1) is 23.8 Å². The van der Waals surface area contributed by atoms with Gasteiger partial charge in [-0.15, -0.1) is 0 Å². The second kappa shape index (κ2) is 7.62. The lowest BCUT2D eigenvalue weighted by molar-refractivity contribution is 0.00861. The number of aryl methyl sites for hydroxylation is 1. The number of imidazole rings is 1. The summed E-state index contributed by atoms with van der Waals surface area (Å²) < 4.78 is 25.5. The Morgan fingerprint density at radius 1 is 1.30 bits per heavy atom. The molecule has 2 aromatic heterocycles. The van der Waals surface area contributed by atoms with Gasteiger partial charge in [-0.3, -0.25) is 9.88 Å². The average molecular weight is 370 g/mol. The number of aromatic amines is 1. The number of pyridine rings is 1. The molecule has 6 nitrogen and oxygen atoms in total. The van der Waals surface area contributed by atoms with E-state index in [0.717, 1.165) is 28.0 Å². The summed E-state index contributed by atoms with van der Waals surface area (Å²) in [5, 5.41) is 0. The van der Waals surface area contributed by atoms with E-state index < -0.39 is 12.3 Å². The first-order chi connectivity index (χ1) is 13.1. The predicted octanol–water partition coefficient (Wildman–Crippen LogP) is 3.01. The third-order valence-electron chi connectivity index (χ3n) is 4.94. The van der Waals surface area contributed by atoms with E-state index in [1.54, 1.807) is 13.3 Å². The first-order valence-corrected chi connectivity index (χ1v) is 9.03. The topological polar surface area (TPSA) is 63.3 Å². The minimum Gasteiger partial charge on any atom is -0.497 e. The van der Waals surface area contributed by atoms with Gasteiger partial charge in [-0.1, -0.05) is 6.07 Å². The smallest absolute Gasteiger partial charge is 0.140 e. The van der Waals surface area contributed by atoms with Crippen LogP contribution in [0.15, 0.2) is 36.5 Å². The Kier molecular flexibility index (Phi) is 5.05. The van der Waals surface area contributed by atoms with Crippen LogP contribution in [0, 0.1) is 6.92 Å². The van der Waals surface area contributed by atoms with Gasteiger partial charge in [0.15, 0.2) is 0 Å². The molecule has 142 valence electrons. The maximum Gasteiger partial charge on any atom is 0.140 e. The zero-order valence-corrected chi connectivity index (χ0v) is 15.5. The summed E-state index contributed by atoms with van der Waals surface area (Å²) in [6.45, 7) is 3.81. The Morgan fingerprint density at radius 2 is 2.19 bits per heavy atom. The Hall–Kier alpha value is -2.51. The molecule has 1 aromatic carbocycles. The lowest BCUT2D eigenvalue weighted by atomic mass is 10.2. The molecule has 0 saturated carbocycles. The molecule has 3 heterocycles. The number of nitrogens with one attached hydrogen (secondary N) is 1. The van der Waals surface area contributed by atoms with Crippen LogP contribution < -0.4 is 4.74 Å². The fraction of sp³-hybridized carbons (Fsp3) is 0.400. The van der Waals surface area contributed by atoms with Crippen LogP contribution in [0.3, 0.4) is 0 Å². The van der Waals surface area contributed by atoms with Crippen molar-refractivity contribution < 1.29 is 13.9 Å². The molecule has 1 aliphatic rings. The monoisotopic (exact) mass is 370 g/mol. The van der Waals surface area contributed by atoms with Gasteiger partial charge in [0.2, 0.25) is 0 Å². The van der Waals surface area contributed by atoms with Crippen LogP contribution in [-0.2, 0) is 17.9 Å². The van der Waals surface area contributed by atoms with E-state index in [2.05, 4.69) is 15.0 Å². The van der Waals surface area contributed by atoms with E-state index in [0.29, 0.717) is 25.5 Å². The molecule has 0 bridgehead atoms. The van der Waals surface area contributed by atoms with E-state index in [4.69, 9.17) is 9.47 Å². The number of rotatable bonds is 6. The third kappa shape index (κ3) is 3.94. The van der Waals surface area contributed by atoms with Crippen LogP contribution in [0.25, 0.3) is 11.0 Å². The number of hydrogen-bond donors (Lipinski definition) is 1. The van der Waals surface area contributed by atoms with Crippen molar-refractivity contribution >= 4 is 11.0 Å². The first-order valence-electron chi connectivity index (χ1n) is 9.03. The summed E-state index contributed by atoms with van der Waals surface area (Å²) in [4.78, 5) is 14.1. The lowest BCUT2D eigenvalue weighted by Crippen LogP contribution is -2.25. The van der Waals surface area contributed by atoms with E-state index >= 15 is 0 Å². The van der Waals surface area contributed by atoms with Crippen molar-refractivity contribution in [3.8, 4) is 5.75 Å². The van der Waals surface area contributed by atoms with Gasteiger partial charge < -0.3 is 14.5 Å². The number of halogens is 1. The number of H-pyrrole nitrogens is 1. The van der Waals surface area contributed by atoms with Gasteiger partial charge in [0, 0.05) is 31.9 Å². The van der Waals surface area contributed by atoms with Gasteiger partial charge in [-0.2, -0.15) is 0 Å². The number of ether oxygens (including phenoxy) is 2. The van der Waals surface area contributed by atoms with Gasteiger partial charge in [-0.05, 0) is 30.7 Å². The second-order valence-corrected chi connectivity index (χ2v) is 6.89. The number of methoxy groups -OCH3 is 1. The predicted molar refractivity (Wildman–Crippen MR) is 100 cm³/mol. The molecule has 0 unspecified atom stereocenters. The molecule has 7 heteroatoms. The van der Waals surface area contributed by atoms with E-state index in [1.165, 1.54) is 0 Å². The Labute approximate surface area is 157 Å². The fourth-order valence-electron chi connectivity index (χ4n) is 3.41. The molecule has 1 N–H and O–H groups in total. The summed E-state index contributed by atoms with van der Waals surface area (Å²) >= 11 is 0. The molecule has 0 radical (unpaired) electrons. The summed E-state index contributed by atoms with van der Waals surface area (Å²) in [6.07, 6.45) is 0.297. The van der Waals surface area contributed by atoms with Gasteiger partial charge in [0.25, 0.3) is 0 Å². The highest BCUT2D eigenvalue weighted by molar-refractivity contribution is 5.76. The molecular weight excluding hydrogens is 347 g/mol. The summed E-state index contributed by atoms with van der Waals surface area (Å²) in [5.74, 6) is 1.45. The van der Waals surface area contributed by atoms with E-state index in [1.807, 2.05) is 42.2 Å². The van der Waals surface area contributed by atoms with Crippen molar-refractivity contribution in [3.63, 3.8) is 0 Å². The SMILES string of the molecule is COc1ccc2nc(CO[C@H]3CN(Cc4ncccc4C)C[C@H]3F)[nH]c2c1. The largest absolute Gasteiger partial charge is 0.497 e. The Balaban J connectivity index is 1.36. The molecule has 4 rings (SSSR count). The third-order valence-corrected chi connectivity index (χ3v) is 4.94. The van der Waals surface area contributed by atoms with Crippen molar-refractivity contribution in [1.82, 2.24) is 19.9 Å². The number of likely N-dealkylation sites (tertiary alicyclic amines) is 1. The van der Waals surface area contributed by atoms with E-state index in [9.17, 15) is 4.39 Å². The second-order valence-electron chi connectivity index (χ2n) is 6.89. The normalized spacial score (nSPS) is 20.4. The number of nitrogens with zero attached hydrogens (tertiary/aromatic N) is 3. The van der Waals surface area contributed by atoms with Crippen molar-refractivity contribution in [2.75, 3.05) is 20.2 Å². The highest BCUT2D eigenvalue weighted by atomic mass is 19.1. The summed E-state index contributed by atoms with van der Waals surface area (Å²) in [6, 6.07) is 9.57. The van der Waals surface area contributed by atoms with Gasteiger partial charge >= 0.3 is 0 Å². The maximum atomic E-state index is 14.4. The highest BCUT2D eigenvalue weighted by Gasteiger charge is 2.34. The molecule has 0 spiro atoms. The number of hydrogen-bond acceptors (Lipinski definition) is 5. The summed E-state index contributed by atoms with van der Waals surface area (Å²) in [5.41, 5.74) is 3.82. The standard InChI is InChI=1S/C20H23FN4O2/c1-13-4-3-7-22-18(13)10-25-9-15(21)19(11-25)27-12-20-23-16-6-5-14(26-2)8-17(16)24-20/h3-8,15,19H,9-12H2,1-2H3,(H,23,24)/t15-,19+/m1/s1. The van der Waals surface area contributed by atoms with Crippen LogP contribution >= 0.6 is 0 Å². The minimum absolute atomic E-state index is 0.249. The van der Waals surface area contributed by atoms with Crippen molar-refractivity contribution in [3.05, 3.63) is 53.6 Å². The number of alkyl halides is 1. The van der Waals surface area contributed by atoms with Gasteiger partial charge in [0.1, 0.15) is 30.5 Å². The molecule has 1 saturated heterocycles. The molecule has 27 heavy (non-hydrogen) atoms. The Bertz CT molecular complexity index is 929. The number of aromatic nitrogens is 3. The van der Waals surface area contributed by atoms with Crippen LogP contribution in [0.2, 0.25) is 0 Å². The molecule has 1 aliphatic heterocycles.